The largest absolute Gasteiger partial charge is 0.452 e. The molecule has 1 N–H and O–H groups in total. The first-order valence-corrected chi connectivity index (χ1v) is 4.10. The van der Waals surface area contributed by atoms with Crippen LogP contribution in [-0.4, -0.2) is 24.4 Å². The van der Waals surface area contributed by atoms with Crippen LogP contribution in [0.4, 0.5) is 4.79 Å². The average Bonchev–Trinajstić information content (AvgIpc) is 2.17. The number of amides is 1. The van der Waals surface area contributed by atoms with Crippen molar-refractivity contribution in [2.45, 2.75) is 0 Å². The predicted octanol–water partition coefficient (Wildman–Crippen LogP) is 1.42. The van der Waals surface area contributed by atoms with Gasteiger partial charge in [0, 0.05) is 0 Å². The van der Waals surface area contributed by atoms with Crippen LogP contribution < -0.4 is 5.43 Å². The number of pyridine rings is 1. The van der Waals surface area contributed by atoms with Crippen LogP contribution in [0, 0.1) is 0 Å². The zero-order chi connectivity index (χ0) is 10.4. The summed E-state index contributed by atoms with van der Waals surface area (Å²) in [6, 6.07) is 5.08. The number of rotatable bonds is 2. The summed E-state index contributed by atoms with van der Waals surface area (Å²) in [7, 11) is 1.25. The Labute approximate surface area is 85.7 Å². The molecule has 1 heterocycles. The second-order valence-corrected chi connectivity index (χ2v) is 2.63. The highest BCUT2D eigenvalue weighted by Crippen LogP contribution is 2.02. The number of ether oxygens (including phenoxy) is 1. The van der Waals surface area contributed by atoms with Gasteiger partial charge in [0.1, 0.15) is 5.15 Å². The number of methoxy groups -OCH3 is 1. The molecule has 0 aliphatic rings. The molecular formula is C8H8ClN3O2. The van der Waals surface area contributed by atoms with Crippen LogP contribution >= 0.6 is 11.6 Å². The minimum Gasteiger partial charge on any atom is -0.452 e. The van der Waals surface area contributed by atoms with E-state index >= 15 is 0 Å². The Hall–Kier alpha value is -1.62. The molecule has 1 aromatic rings. The first-order chi connectivity index (χ1) is 6.72. The fourth-order valence-corrected chi connectivity index (χ4v) is 0.863. The van der Waals surface area contributed by atoms with Crippen molar-refractivity contribution in [3.8, 4) is 0 Å². The summed E-state index contributed by atoms with van der Waals surface area (Å²) in [5, 5.41) is 3.95. The smallest absolute Gasteiger partial charge is 0.427 e. The van der Waals surface area contributed by atoms with Gasteiger partial charge in [0.25, 0.3) is 0 Å². The van der Waals surface area contributed by atoms with Gasteiger partial charge < -0.3 is 4.74 Å². The molecule has 0 radical (unpaired) electrons. The fraction of sp³-hybridized carbons (Fsp3) is 0.125. The summed E-state index contributed by atoms with van der Waals surface area (Å²) < 4.78 is 4.30. The van der Waals surface area contributed by atoms with Gasteiger partial charge in [-0.3, -0.25) is 0 Å². The number of carbonyl (C=O) groups is 1. The highest BCUT2D eigenvalue weighted by Gasteiger charge is 1.94. The third kappa shape index (κ3) is 3.40. The zero-order valence-corrected chi connectivity index (χ0v) is 8.15. The summed E-state index contributed by atoms with van der Waals surface area (Å²) in [5.41, 5.74) is 2.68. The second-order valence-electron chi connectivity index (χ2n) is 2.25. The molecule has 0 bridgehead atoms. The molecule has 0 atom stereocenters. The van der Waals surface area contributed by atoms with Gasteiger partial charge in [0.2, 0.25) is 0 Å². The number of hydrogen-bond donors (Lipinski definition) is 1. The van der Waals surface area contributed by atoms with E-state index in [-0.39, 0.29) is 0 Å². The van der Waals surface area contributed by atoms with Crippen molar-refractivity contribution in [2.75, 3.05) is 7.11 Å². The number of carbonyl (C=O) groups excluding carboxylic acids is 1. The molecule has 0 aliphatic carbocycles. The van der Waals surface area contributed by atoms with Crippen molar-refractivity contribution < 1.29 is 9.53 Å². The van der Waals surface area contributed by atoms with Crippen LogP contribution in [0.1, 0.15) is 5.69 Å². The van der Waals surface area contributed by atoms with E-state index in [2.05, 4.69) is 20.2 Å². The van der Waals surface area contributed by atoms with Gasteiger partial charge in [-0.1, -0.05) is 17.7 Å². The van der Waals surface area contributed by atoms with Crippen molar-refractivity contribution in [1.29, 1.82) is 0 Å². The molecule has 0 aliphatic heterocycles. The van der Waals surface area contributed by atoms with Crippen LogP contribution in [0.25, 0.3) is 0 Å². The van der Waals surface area contributed by atoms with Gasteiger partial charge in [-0.2, -0.15) is 5.10 Å². The first-order valence-electron chi connectivity index (χ1n) is 3.72. The molecule has 1 aromatic heterocycles. The van der Waals surface area contributed by atoms with E-state index < -0.39 is 6.09 Å². The normalized spacial score (nSPS) is 10.1. The van der Waals surface area contributed by atoms with Crippen molar-refractivity contribution in [2.24, 2.45) is 5.10 Å². The number of nitrogens with one attached hydrogen (secondary N) is 1. The van der Waals surface area contributed by atoms with E-state index in [0.717, 1.165) is 0 Å². The molecule has 0 saturated heterocycles. The van der Waals surface area contributed by atoms with Gasteiger partial charge in [0.15, 0.2) is 0 Å². The topological polar surface area (TPSA) is 63.6 Å². The minimum atomic E-state index is -0.636. The number of hydrogen-bond acceptors (Lipinski definition) is 4. The van der Waals surface area contributed by atoms with Crippen LogP contribution in [0.2, 0.25) is 5.15 Å². The lowest BCUT2D eigenvalue weighted by Gasteiger charge is -1.95. The number of halogens is 1. The van der Waals surface area contributed by atoms with Crippen LogP contribution in [0.3, 0.4) is 0 Å². The van der Waals surface area contributed by atoms with E-state index in [0.29, 0.717) is 10.8 Å². The molecule has 1 rings (SSSR count). The fourth-order valence-electron chi connectivity index (χ4n) is 0.693. The van der Waals surface area contributed by atoms with Gasteiger partial charge in [0.05, 0.1) is 19.0 Å². The third-order valence-electron chi connectivity index (χ3n) is 1.27. The molecule has 1 amide bonds. The zero-order valence-electron chi connectivity index (χ0n) is 7.40. The highest BCUT2D eigenvalue weighted by atomic mass is 35.5. The summed E-state index contributed by atoms with van der Waals surface area (Å²) in [5.74, 6) is 0. The Balaban J connectivity index is 2.56. The molecule has 0 aromatic carbocycles. The molecule has 5 nitrogen and oxygen atoms in total. The lowest BCUT2D eigenvalue weighted by Crippen LogP contribution is -2.16. The quantitative estimate of drug-likeness (QED) is 0.459. The maximum Gasteiger partial charge on any atom is 0.427 e. The van der Waals surface area contributed by atoms with Crippen LogP contribution in [0.5, 0.6) is 0 Å². The Morgan fingerprint density at radius 3 is 3.14 bits per heavy atom. The molecule has 0 spiro atoms. The number of nitrogens with zero attached hydrogens (tertiary/aromatic N) is 2. The molecular weight excluding hydrogens is 206 g/mol. The van der Waals surface area contributed by atoms with E-state index in [1.165, 1.54) is 13.3 Å². The lowest BCUT2D eigenvalue weighted by molar-refractivity contribution is 0.171. The van der Waals surface area contributed by atoms with Crippen molar-refractivity contribution >= 4 is 23.9 Å². The molecule has 0 fully saturated rings. The van der Waals surface area contributed by atoms with Crippen molar-refractivity contribution in [3.05, 3.63) is 29.0 Å². The first kappa shape index (κ1) is 10.5. The lowest BCUT2D eigenvalue weighted by atomic mass is 10.4. The Bertz CT molecular complexity index is 354. The van der Waals surface area contributed by atoms with E-state index in [1.54, 1.807) is 18.2 Å². The van der Waals surface area contributed by atoms with Crippen LogP contribution in [-0.2, 0) is 4.74 Å². The van der Waals surface area contributed by atoms with Crippen molar-refractivity contribution in [1.82, 2.24) is 10.4 Å². The maximum absolute atomic E-state index is 10.6. The highest BCUT2D eigenvalue weighted by molar-refractivity contribution is 6.29. The van der Waals surface area contributed by atoms with Crippen molar-refractivity contribution in [3.63, 3.8) is 0 Å². The van der Waals surface area contributed by atoms with Gasteiger partial charge in [-0.15, -0.1) is 0 Å². The van der Waals surface area contributed by atoms with Gasteiger partial charge >= 0.3 is 6.09 Å². The molecule has 14 heavy (non-hydrogen) atoms. The molecule has 74 valence electrons. The predicted molar refractivity (Wildman–Crippen MR) is 52.4 cm³/mol. The SMILES string of the molecule is COC(=O)N/N=C/c1cccc(Cl)n1. The van der Waals surface area contributed by atoms with Gasteiger partial charge in [-0.05, 0) is 12.1 Å². The Morgan fingerprint density at radius 2 is 2.50 bits per heavy atom. The van der Waals surface area contributed by atoms with E-state index in [9.17, 15) is 4.79 Å². The Kier molecular flexibility index (Phi) is 3.87. The molecule has 0 saturated carbocycles. The third-order valence-corrected chi connectivity index (χ3v) is 1.49. The average molecular weight is 214 g/mol. The number of aromatic nitrogens is 1. The Morgan fingerprint density at radius 1 is 1.71 bits per heavy atom. The number of hydrazone groups is 1. The molecule has 0 unspecified atom stereocenters. The summed E-state index contributed by atoms with van der Waals surface area (Å²) in [4.78, 5) is 14.5. The summed E-state index contributed by atoms with van der Waals surface area (Å²) in [6.07, 6.45) is 0.728. The summed E-state index contributed by atoms with van der Waals surface area (Å²) in [6.45, 7) is 0. The molecule has 6 heteroatoms. The van der Waals surface area contributed by atoms with Crippen LogP contribution in [0.15, 0.2) is 23.3 Å². The van der Waals surface area contributed by atoms with E-state index in [4.69, 9.17) is 11.6 Å². The second kappa shape index (κ2) is 5.18. The summed E-state index contributed by atoms with van der Waals surface area (Å²) >= 11 is 5.63. The maximum atomic E-state index is 10.6. The standard InChI is InChI=1S/C8H8ClN3O2/c1-14-8(13)12-10-5-6-3-2-4-7(9)11-6/h2-5H,1H3,(H,12,13)/b10-5+. The van der Waals surface area contributed by atoms with Gasteiger partial charge in [-0.25, -0.2) is 15.2 Å². The minimum absolute atomic E-state index is 0.368. The monoisotopic (exact) mass is 213 g/mol. The van der Waals surface area contributed by atoms with E-state index in [1.807, 2.05) is 0 Å².